The first-order valence-electron chi connectivity index (χ1n) is 10.1. The van der Waals surface area contributed by atoms with Crippen molar-refractivity contribution in [1.29, 1.82) is 0 Å². The summed E-state index contributed by atoms with van der Waals surface area (Å²) in [6.45, 7) is 1.87. The third kappa shape index (κ3) is 5.06. The van der Waals surface area contributed by atoms with E-state index in [-0.39, 0.29) is 23.9 Å². The average Bonchev–Trinajstić information content (AvgIpc) is 3.41. The normalized spacial score (nSPS) is 18.2. The number of nitrogens with one attached hydrogen (secondary N) is 3. The van der Waals surface area contributed by atoms with Gasteiger partial charge in [0.15, 0.2) is 11.6 Å². The van der Waals surface area contributed by atoms with Crippen LogP contribution in [0, 0.1) is 17.6 Å². The molecule has 2 fully saturated rings. The Morgan fingerprint density at radius 1 is 1.03 bits per heavy atom. The van der Waals surface area contributed by atoms with Crippen LogP contribution < -0.4 is 20.9 Å². The van der Waals surface area contributed by atoms with Gasteiger partial charge in [-0.1, -0.05) is 6.07 Å². The first kappa shape index (κ1) is 20.1. The van der Waals surface area contributed by atoms with E-state index in [0.29, 0.717) is 30.0 Å². The minimum atomic E-state index is -0.858. The number of carbonyl (C=O) groups excluding carboxylic acids is 2. The lowest BCUT2D eigenvalue weighted by Gasteiger charge is -2.19. The quantitative estimate of drug-likeness (QED) is 0.677. The fourth-order valence-electron chi connectivity index (χ4n) is 3.57. The fourth-order valence-corrected chi connectivity index (χ4v) is 3.57. The van der Waals surface area contributed by atoms with Crippen molar-refractivity contribution in [1.82, 2.24) is 10.6 Å². The van der Waals surface area contributed by atoms with Gasteiger partial charge in [0.2, 0.25) is 0 Å². The molecular formula is C22H24F2N4O2. The molecular weight excluding hydrogens is 390 g/mol. The number of anilines is 2. The molecule has 4 rings (SSSR count). The number of urea groups is 1. The second-order valence-electron chi connectivity index (χ2n) is 7.86. The van der Waals surface area contributed by atoms with Gasteiger partial charge in [-0.2, -0.15) is 0 Å². The van der Waals surface area contributed by atoms with Crippen LogP contribution in [0.15, 0.2) is 42.5 Å². The van der Waals surface area contributed by atoms with Crippen molar-refractivity contribution in [2.24, 2.45) is 5.92 Å². The summed E-state index contributed by atoms with van der Waals surface area (Å²) in [7, 11) is 0. The molecule has 2 aromatic carbocycles. The van der Waals surface area contributed by atoms with Gasteiger partial charge in [-0.05, 0) is 55.5 Å². The SMILES string of the molecule is O=C(Nc1cccc(C(=O)NCC2CCN(c3ccc(F)c(F)c3)C2)c1)NC1CC1. The van der Waals surface area contributed by atoms with Crippen molar-refractivity contribution in [3.05, 3.63) is 59.7 Å². The number of carbonyl (C=O) groups is 2. The molecule has 1 saturated carbocycles. The predicted octanol–water partition coefficient (Wildman–Crippen LogP) is 3.51. The lowest BCUT2D eigenvalue weighted by atomic mass is 10.1. The van der Waals surface area contributed by atoms with Gasteiger partial charge in [-0.15, -0.1) is 0 Å². The van der Waals surface area contributed by atoms with Gasteiger partial charge >= 0.3 is 6.03 Å². The fraction of sp³-hybridized carbons (Fsp3) is 0.364. The molecule has 6 nitrogen and oxygen atoms in total. The Kier molecular flexibility index (Phi) is 5.83. The van der Waals surface area contributed by atoms with Crippen LogP contribution in [0.1, 0.15) is 29.6 Å². The smallest absolute Gasteiger partial charge is 0.319 e. The Labute approximate surface area is 173 Å². The van der Waals surface area contributed by atoms with Gasteiger partial charge in [0.05, 0.1) is 0 Å². The Morgan fingerprint density at radius 3 is 2.63 bits per heavy atom. The summed E-state index contributed by atoms with van der Waals surface area (Å²) in [5.74, 6) is -1.72. The average molecular weight is 414 g/mol. The maximum absolute atomic E-state index is 13.5. The summed E-state index contributed by atoms with van der Waals surface area (Å²) in [6, 6.07) is 10.7. The highest BCUT2D eigenvalue weighted by Gasteiger charge is 2.25. The molecule has 2 aliphatic rings. The molecule has 8 heteroatoms. The van der Waals surface area contributed by atoms with E-state index in [4.69, 9.17) is 0 Å². The summed E-state index contributed by atoms with van der Waals surface area (Å²) >= 11 is 0. The zero-order chi connectivity index (χ0) is 21.1. The van der Waals surface area contributed by atoms with Crippen LogP contribution in [-0.4, -0.2) is 37.6 Å². The third-order valence-electron chi connectivity index (χ3n) is 5.40. The number of nitrogens with zero attached hydrogens (tertiary/aromatic N) is 1. The second-order valence-corrected chi connectivity index (χ2v) is 7.86. The molecule has 1 atom stereocenters. The lowest BCUT2D eigenvalue weighted by molar-refractivity contribution is 0.0948. The summed E-state index contributed by atoms with van der Waals surface area (Å²) in [6.07, 6.45) is 2.86. The molecule has 1 aliphatic carbocycles. The van der Waals surface area contributed by atoms with Crippen molar-refractivity contribution in [3.63, 3.8) is 0 Å². The first-order valence-corrected chi connectivity index (χ1v) is 10.1. The Bertz CT molecular complexity index is 948. The van der Waals surface area contributed by atoms with Crippen molar-refractivity contribution >= 4 is 23.3 Å². The molecule has 3 N–H and O–H groups in total. The van der Waals surface area contributed by atoms with E-state index >= 15 is 0 Å². The van der Waals surface area contributed by atoms with E-state index < -0.39 is 11.6 Å². The number of hydrogen-bond acceptors (Lipinski definition) is 3. The molecule has 1 unspecified atom stereocenters. The molecule has 1 heterocycles. The zero-order valence-corrected chi connectivity index (χ0v) is 16.5. The second kappa shape index (κ2) is 8.69. The van der Waals surface area contributed by atoms with Crippen LogP contribution in [0.5, 0.6) is 0 Å². The van der Waals surface area contributed by atoms with Gasteiger partial charge in [-0.3, -0.25) is 4.79 Å². The van der Waals surface area contributed by atoms with Crippen LogP contribution >= 0.6 is 0 Å². The summed E-state index contributed by atoms with van der Waals surface area (Å²) < 4.78 is 26.6. The van der Waals surface area contributed by atoms with Crippen molar-refractivity contribution in [3.8, 4) is 0 Å². The minimum Gasteiger partial charge on any atom is -0.371 e. The Balaban J connectivity index is 1.27. The van der Waals surface area contributed by atoms with Gasteiger partial charge < -0.3 is 20.9 Å². The lowest BCUT2D eigenvalue weighted by Crippen LogP contribution is -2.31. The van der Waals surface area contributed by atoms with E-state index in [9.17, 15) is 18.4 Å². The highest BCUT2D eigenvalue weighted by atomic mass is 19.2. The van der Waals surface area contributed by atoms with Gasteiger partial charge in [0, 0.05) is 48.7 Å². The highest BCUT2D eigenvalue weighted by Crippen LogP contribution is 2.25. The van der Waals surface area contributed by atoms with Gasteiger partial charge in [0.1, 0.15) is 0 Å². The molecule has 0 bridgehead atoms. The summed E-state index contributed by atoms with van der Waals surface area (Å²) in [5.41, 5.74) is 1.67. The third-order valence-corrected chi connectivity index (χ3v) is 5.40. The molecule has 0 spiro atoms. The van der Waals surface area contributed by atoms with Crippen LogP contribution in [0.3, 0.4) is 0 Å². The van der Waals surface area contributed by atoms with Gasteiger partial charge in [0.25, 0.3) is 5.91 Å². The molecule has 0 radical (unpaired) electrons. The molecule has 30 heavy (non-hydrogen) atoms. The number of hydrogen-bond donors (Lipinski definition) is 3. The molecule has 158 valence electrons. The maximum atomic E-state index is 13.5. The van der Waals surface area contributed by atoms with Crippen LogP contribution in [-0.2, 0) is 0 Å². The summed E-state index contributed by atoms with van der Waals surface area (Å²) in [5, 5.41) is 8.51. The van der Waals surface area contributed by atoms with Gasteiger partial charge in [-0.25, -0.2) is 13.6 Å². The van der Waals surface area contributed by atoms with E-state index in [1.807, 2.05) is 4.90 Å². The predicted molar refractivity (Wildman–Crippen MR) is 111 cm³/mol. The van der Waals surface area contributed by atoms with E-state index in [0.717, 1.165) is 31.9 Å². The minimum absolute atomic E-state index is 0.215. The summed E-state index contributed by atoms with van der Waals surface area (Å²) in [4.78, 5) is 26.4. The van der Waals surface area contributed by atoms with E-state index in [2.05, 4.69) is 16.0 Å². The van der Waals surface area contributed by atoms with Crippen LogP contribution in [0.4, 0.5) is 25.0 Å². The number of benzene rings is 2. The maximum Gasteiger partial charge on any atom is 0.319 e. The number of amides is 3. The number of halogens is 2. The molecule has 1 saturated heterocycles. The molecule has 1 aliphatic heterocycles. The monoisotopic (exact) mass is 414 g/mol. The van der Waals surface area contributed by atoms with E-state index in [1.54, 1.807) is 30.3 Å². The highest BCUT2D eigenvalue weighted by molar-refractivity contribution is 5.97. The standard InChI is InChI=1S/C22H24F2N4O2/c23-19-7-6-18(11-20(19)24)28-9-8-14(13-28)12-25-21(29)15-2-1-3-17(10-15)27-22(30)26-16-4-5-16/h1-3,6-7,10-11,14,16H,4-5,8-9,12-13H2,(H,25,29)(H2,26,27,30). The first-order chi connectivity index (χ1) is 14.5. The zero-order valence-electron chi connectivity index (χ0n) is 16.5. The Morgan fingerprint density at radius 2 is 1.87 bits per heavy atom. The molecule has 2 aromatic rings. The van der Waals surface area contributed by atoms with Crippen molar-refractivity contribution in [2.75, 3.05) is 29.9 Å². The largest absolute Gasteiger partial charge is 0.371 e. The van der Waals surface area contributed by atoms with Crippen molar-refractivity contribution in [2.45, 2.75) is 25.3 Å². The number of rotatable bonds is 6. The van der Waals surface area contributed by atoms with Crippen molar-refractivity contribution < 1.29 is 18.4 Å². The van der Waals surface area contributed by atoms with E-state index in [1.165, 1.54) is 6.07 Å². The Hall–Kier alpha value is -3.16. The molecule has 0 aromatic heterocycles. The molecule has 3 amide bonds. The van der Waals surface area contributed by atoms with Crippen LogP contribution in [0.25, 0.3) is 0 Å². The van der Waals surface area contributed by atoms with Crippen LogP contribution in [0.2, 0.25) is 0 Å². The topological polar surface area (TPSA) is 73.5 Å².